The predicted molar refractivity (Wildman–Crippen MR) is 122 cm³/mol. The standard InChI is InChI=1S/C25H18ClNO6/c1-13-5-3-6-16(9-13)27-21(17-7-4-8-32-17)20(23(29)25(27)30)22(28)18-11-14-10-15(26)12-19(31-2)24(14)33-18/h3-12,21,29H,1-2H3. The van der Waals surface area contributed by atoms with Gasteiger partial charge in [-0.25, -0.2) is 0 Å². The molecule has 2 aromatic heterocycles. The Morgan fingerprint density at radius 3 is 2.67 bits per heavy atom. The molecule has 0 fully saturated rings. The smallest absolute Gasteiger partial charge is 0.294 e. The van der Waals surface area contributed by atoms with E-state index in [1.54, 1.807) is 42.5 Å². The summed E-state index contributed by atoms with van der Waals surface area (Å²) in [6, 6.07) is 14.2. The molecule has 2 aromatic carbocycles. The predicted octanol–water partition coefficient (Wildman–Crippen LogP) is 5.78. The monoisotopic (exact) mass is 463 g/mol. The lowest BCUT2D eigenvalue weighted by Crippen LogP contribution is -2.30. The number of carbonyl (C=O) groups excluding carboxylic acids is 2. The number of anilines is 1. The maximum Gasteiger partial charge on any atom is 0.294 e. The molecule has 1 aliphatic heterocycles. The van der Waals surface area contributed by atoms with Crippen molar-refractivity contribution in [3.8, 4) is 5.75 Å². The summed E-state index contributed by atoms with van der Waals surface area (Å²) in [5.41, 5.74) is 1.63. The molecule has 0 aliphatic carbocycles. The molecule has 0 saturated carbocycles. The van der Waals surface area contributed by atoms with E-state index in [0.29, 0.717) is 33.2 Å². The fourth-order valence-electron chi connectivity index (χ4n) is 4.08. The van der Waals surface area contributed by atoms with Gasteiger partial charge in [0.2, 0.25) is 5.78 Å². The number of nitrogens with zero attached hydrogens (tertiary/aromatic N) is 1. The molecule has 1 unspecified atom stereocenters. The number of rotatable bonds is 5. The summed E-state index contributed by atoms with van der Waals surface area (Å²) in [5, 5.41) is 11.8. The number of carbonyl (C=O) groups is 2. The molecule has 0 saturated heterocycles. The van der Waals surface area contributed by atoms with Gasteiger partial charge in [-0.15, -0.1) is 0 Å². The quantitative estimate of drug-likeness (QED) is 0.377. The first-order valence-electron chi connectivity index (χ1n) is 10.1. The lowest BCUT2D eigenvalue weighted by Gasteiger charge is -2.25. The van der Waals surface area contributed by atoms with Crippen molar-refractivity contribution in [2.24, 2.45) is 0 Å². The van der Waals surface area contributed by atoms with Crippen molar-refractivity contribution in [2.75, 3.05) is 12.0 Å². The third kappa shape index (κ3) is 3.37. The van der Waals surface area contributed by atoms with Gasteiger partial charge in [-0.2, -0.15) is 0 Å². The number of hydrogen-bond donors (Lipinski definition) is 1. The summed E-state index contributed by atoms with van der Waals surface area (Å²) >= 11 is 6.13. The molecule has 0 spiro atoms. The van der Waals surface area contributed by atoms with E-state index in [9.17, 15) is 14.7 Å². The number of aryl methyl sites for hydroxylation is 1. The molecule has 5 rings (SSSR count). The molecule has 0 radical (unpaired) electrons. The highest BCUT2D eigenvalue weighted by Gasteiger charge is 2.46. The van der Waals surface area contributed by atoms with E-state index in [0.717, 1.165) is 5.56 Å². The van der Waals surface area contributed by atoms with Gasteiger partial charge < -0.3 is 18.7 Å². The van der Waals surface area contributed by atoms with Crippen LogP contribution in [0, 0.1) is 6.92 Å². The van der Waals surface area contributed by atoms with Crippen molar-refractivity contribution >= 4 is 39.9 Å². The number of aliphatic hydroxyl groups excluding tert-OH is 1. The molecule has 1 atom stereocenters. The van der Waals surface area contributed by atoms with Crippen LogP contribution in [0.25, 0.3) is 11.0 Å². The third-order valence-corrected chi connectivity index (χ3v) is 5.75. The van der Waals surface area contributed by atoms with Crippen LogP contribution < -0.4 is 9.64 Å². The molecule has 1 amide bonds. The van der Waals surface area contributed by atoms with Crippen molar-refractivity contribution in [1.29, 1.82) is 0 Å². The number of halogens is 1. The van der Waals surface area contributed by atoms with Gasteiger partial charge in [0.15, 0.2) is 22.9 Å². The first-order chi connectivity index (χ1) is 15.9. The largest absolute Gasteiger partial charge is 0.503 e. The zero-order valence-corrected chi connectivity index (χ0v) is 18.4. The average molecular weight is 464 g/mol. The molecule has 166 valence electrons. The fraction of sp³-hybridized carbons (Fsp3) is 0.120. The van der Waals surface area contributed by atoms with Crippen molar-refractivity contribution in [3.05, 3.63) is 94.3 Å². The zero-order valence-electron chi connectivity index (χ0n) is 17.7. The van der Waals surface area contributed by atoms with Gasteiger partial charge in [-0.05, 0) is 48.9 Å². The van der Waals surface area contributed by atoms with Crippen LogP contribution >= 0.6 is 11.6 Å². The number of benzene rings is 2. The van der Waals surface area contributed by atoms with E-state index in [1.165, 1.54) is 24.3 Å². The normalized spacial score (nSPS) is 16.2. The molecule has 33 heavy (non-hydrogen) atoms. The number of hydrogen-bond acceptors (Lipinski definition) is 6. The number of methoxy groups -OCH3 is 1. The Labute approximate surface area is 193 Å². The molecular weight excluding hydrogens is 446 g/mol. The highest BCUT2D eigenvalue weighted by molar-refractivity contribution is 6.31. The van der Waals surface area contributed by atoms with Gasteiger partial charge in [-0.3, -0.25) is 14.5 Å². The third-order valence-electron chi connectivity index (χ3n) is 5.54. The Bertz CT molecular complexity index is 1430. The summed E-state index contributed by atoms with van der Waals surface area (Å²) < 4.78 is 16.7. The van der Waals surface area contributed by atoms with Gasteiger partial charge in [0.05, 0.1) is 18.9 Å². The van der Waals surface area contributed by atoms with Gasteiger partial charge in [0.1, 0.15) is 11.8 Å². The van der Waals surface area contributed by atoms with Crippen molar-refractivity contribution in [3.63, 3.8) is 0 Å². The second-order valence-electron chi connectivity index (χ2n) is 7.66. The van der Waals surface area contributed by atoms with Gasteiger partial charge >= 0.3 is 0 Å². The Kier molecular flexibility index (Phi) is 4.98. The van der Waals surface area contributed by atoms with Crippen molar-refractivity contribution in [2.45, 2.75) is 13.0 Å². The van der Waals surface area contributed by atoms with Crippen LogP contribution in [-0.4, -0.2) is 23.9 Å². The highest BCUT2D eigenvalue weighted by atomic mass is 35.5. The summed E-state index contributed by atoms with van der Waals surface area (Å²) in [4.78, 5) is 28.1. The van der Waals surface area contributed by atoms with Crippen molar-refractivity contribution in [1.82, 2.24) is 0 Å². The maximum absolute atomic E-state index is 13.6. The molecule has 1 aliphatic rings. The van der Waals surface area contributed by atoms with E-state index < -0.39 is 23.5 Å². The number of amides is 1. The van der Waals surface area contributed by atoms with Crippen LogP contribution in [0.2, 0.25) is 5.02 Å². The molecular formula is C25H18ClNO6. The van der Waals surface area contributed by atoms with Crippen LogP contribution in [0.4, 0.5) is 5.69 Å². The highest BCUT2D eigenvalue weighted by Crippen LogP contribution is 2.43. The molecule has 0 bridgehead atoms. The average Bonchev–Trinajstić information content (AvgIpc) is 3.52. The minimum absolute atomic E-state index is 0.0671. The van der Waals surface area contributed by atoms with E-state index in [-0.39, 0.29) is 11.3 Å². The number of aliphatic hydroxyl groups is 1. The summed E-state index contributed by atoms with van der Waals surface area (Å²) in [7, 11) is 1.46. The fourth-order valence-corrected chi connectivity index (χ4v) is 4.30. The van der Waals surface area contributed by atoms with E-state index in [1.807, 2.05) is 13.0 Å². The maximum atomic E-state index is 13.6. The Hall–Kier alpha value is -3.97. The number of ketones is 1. The first-order valence-corrected chi connectivity index (χ1v) is 10.5. The van der Waals surface area contributed by atoms with E-state index >= 15 is 0 Å². The van der Waals surface area contributed by atoms with E-state index in [2.05, 4.69) is 0 Å². The van der Waals surface area contributed by atoms with Gasteiger partial charge in [0, 0.05) is 22.2 Å². The van der Waals surface area contributed by atoms with Crippen LogP contribution in [0.15, 0.2) is 81.0 Å². The molecule has 4 aromatic rings. The zero-order chi connectivity index (χ0) is 23.3. The minimum atomic E-state index is -0.972. The van der Waals surface area contributed by atoms with Crippen LogP contribution in [-0.2, 0) is 4.79 Å². The molecule has 1 N–H and O–H groups in total. The first kappa shape index (κ1) is 20.9. The summed E-state index contributed by atoms with van der Waals surface area (Å²) in [6.45, 7) is 1.89. The topological polar surface area (TPSA) is 93.1 Å². The number of fused-ring (bicyclic) bond motifs is 1. The van der Waals surface area contributed by atoms with Gasteiger partial charge in [-0.1, -0.05) is 23.7 Å². The molecule has 8 heteroatoms. The Morgan fingerprint density at radius 2 is 1.97 bits per heavy atom. The van der Waals surface area contributed by atoms with E-state index in [4.69, 9.17) is 25.2 Å². The number of ether oxygens (including phenoxy) is 1. The SMILES string of the molecule is COc1cc(Cl)cc2cc(C(=O)C3=C(O)C(=O)N(c4cccc(C)c4)C3c3ccco3)oc12. The van der Waals surface area contributed by atoms with Gasteiger partial charge in [0.25, 0.3) is 5.91 Å². The molecule has 3 heterocycles. The second kappa shape index (κ2) is 7.86. The van der Waals surface area contributed by atoms with Crippen LogP contribution in [0.5, 0.6) is 5.75 Å². The Balaban J connectivity index is 1.65. The lowest BCUT2D eigenvalue weighted by molar-refractivity contribution is -0.117. The summed E-state index contributed by atoms with van der Waals surface area (Å²) in [5.74, 6) is -1.39. The van der Waals surface area contributed by atoms with Crippen molar-refractivity contribution < 1.29 is 28.3 Å². The minimum Gasteiger partial charge on any atom is -0.503 e. The number of Topliss-reactive ketones (excluding diaryl/α,β-unsaturated/α-hetero) is 1. The molecule has 7 nitrogen and oxygen atoms in total. The lowest BCUT2D eigenvalue weighted by atomic mass is 9.99. The van der Waals surface area contributed by atoms with Crippen LogP contribution in [0.3, 0.4) is 0 Å². The number of furan rings is 2. The van der Waals surface area contributed by atoms with Crippen LogP contribution in [0.1, 0.15) is 27.9 Å². The summed E-state index contributed by atoms with van der Waals surface area (Å²) in [6.07, 6.45) is 1.44. The Morgan fingerprint density at radius 1 is 1.15 bits per heavy atom. The second-order valence-corrected chi connectivity index (χ2v) is 8.10.